The summed E-state index contributed by atoms with van der Waals surface area (Å²) in [6.45, 7) is 3.55. The van der Waals surface area contributed by atoms with E-state index in [-0.39, 0.29) is 11.9 Å². The van der Waals surface area contributed by atoms with Gasteiger partial charge in [0, 0.05) is 19.8 Å². The molecule has 2 aromatic rings. The summed E-state index contributed by atoms with van der Waals surface area (Å²) in [5, 5.41) is 10.7. The SMILES string of the molecule is CCC(=O)NC(Cc1ccccc1)c1nnc(C)o1. The maximum atomic E-state index is 11.6. The molecule has 1 heterocycles. The Morgan fingerprint density at radius 2 is 2.05 bits per heavy atom. The minimum absolute atomic E-state index is 0.0308. The molecule has 0 aliphatic heterocycles. The second-order valence-corrected chi connectivity index (χ2v) is 4.32. The van der Waals surface area contributed by atoms with Gasteiger partial charge in [-0.2, -0.15) is 0 Å². The molecule has 0 aliphatic carbocycles. The van der Waals surface area contributed by atoms with Crippen LogP contribution in [-0.2, 0) is 11.2 Å². The minimum Gasteiger partial charge on any atom is -0.423 e. The quantitative estimate of drug-likeness (QED) is 0.893. The highest BCUT2D eigenvalue weighted by molar-refractivity contribution is 5.75. The average Bonchev–Trinajstić information content (AvgIpc) is 2.85. The summed E-state index contributed by atoms with van der Waals surface area (Å²) in [6.07, 6.45) is 1.06. The fourth-order valence-electron chi connectivity index (χ4n) is 1.80. The third-order valence-corrected chi connectivity index (χ3v) is 2.78. The van der Waals surface area contributed by atoms with E-state index in [0.717, 1.165) is 5.56 Å². The van der Waals surface area contributed by atoms with Crippen molar-refractivity contribution >= 4 is 5.91 Å². The summed E-state index contributed by atoms with van der Waals surface area (Å²) < 4.78 is 5.43. The lowest BCUT2D eigenvalue weighted by atomic mass is 10.1. The van der Waals surface area contributed by atoms with Crippen molar-refractivity contribution in [3.05, 3.63) is 47.7 Å². The van der Waals surface area contributed by atoms with Crippen LogP contribution < -0.4 is 5.32 Å². The van der Waals surface area contributed by atoms with Crippen LogP contribution in [0.1, 0.15) is 36.7 Å². The van der Waals surface area contributed by atoms with Gasteiger partial charge in [0.1, 0.15) is 6.04 Å². The Morgan fingerprint density at radius 1 is 1.32 bits per heavy atom. The third-order valence-electron chi connectivity index (χ3n) is 2.78. The molecule has 1 amide bonds. The van der Waals surface area contributed by atoms with Crippen molar-refractivity contribution in [1.82, 2.24) is 15.5 Å². The lowest BCUT2D eigenvalue weighted by Crippen LogP contribution is -2.29. The summed E-state index contributed by atoms with van der Waals surface area (Å²) >= 11 is 0. The molecule has 0 aliphatic rings. The van der Waals surface area contributed by atoms with Crippen LogP contribution in [0.5, 0.6) is 0 Å². The Bertz CT molecular complexity index is 537. The molecule has 1 aromatic heterocycles. The average molecular weight is 259 g/mol. The number of aromatic nitrogens is 2. The number of carbonyl (C=O) groups excluding carboxylic acids is 1. The molecule has 5 heteroatoms. The zero-order valence-electron chi connectivity index (χ0n) is 11.1. The number of nitrogens with one attached hydrogen (secondary N) is 1. The summed E-state index contributed by atoms with van der Waals surface area (Å²) in [5.74, 6) is 0.916. The van der Waals surface area contributed by atoms with Gasteiger partial charge < -0.3 is 9.73 Å². The van der Waals surface area contributed by atoms with Crippen LogP contribution in [0, 0.1) is 6.92 Å². The number of amides is 1. The number of rotatable bonds is 5. The third kappa shape index (κ3) is 3.64. The monoisotopic (exact) mass is 259 g/mol. The number of hydrogen-bond donors (Lipinski definition) is 1. The van der Waals surface area contributed by atoms with Crippen LogP contribution in [0.15, 0.2) is 34.7 Å². The van der Waals surface area contributed by atoms with Gasteiger partial charge in [-0.25, -0.2) is 0 Å². The largest absolute Gasteiger partial charge is 0.423 e. The van der Waals surface area contributed by atoms with Gasteiger partial charge in [0.05, 0.1) is 0 Å². The molecule has 0 bridgehead atoms. The highest BCUT2D eigenvalue weighted by Gasteiger charge is 2.20. The summed E-state index contributed by atoms with van der Waals surface area (Å²) in [7, 11) is 0. The van der Waals surface area contributed by atoms with Crippen molar-refractivity contribution in [3.63, 3.8) is 0 Å². The van der Waals surface area contributed by atoms with Gasteiger partial charge in [0.2, 0.25) is 17.7 Å². The molecule has 0 saturated carbocycles. The Balaban J connectivity index is 2.17. The number of hydrogen-bond acceptors (Lipinski definition) is 4. The fraction of sp³-hybridized carbons (Fsp3) is 0.357. The van der Waals surface area contributed by atoms with Crippen molar-refractivity contribution in [2.75, 3.05) is 0 Å². The van der Waals surface area contributed by atoms with Gasteiger partial charge in [0.25, 0.3) is 0 Å². The van der Waals surface area contributed by atoms with Crippen molar-refractivity contribution in [2.45, 2.75) is 32.7 Å². The molecule has 0 fully saturated rings. The van der Waals surface area contributed by atoms with Gasteiger partial charge in [-0.15, -0.1) is 10.2 Å². The highest BCUT2D eigenvalue weighted by Crippen LogP contribution is 2.17. The van der Waals surface area contributed by atoms with Crippen LogP contribution in [0.4, 0.5) is 0 Å². The molecule has 1 atom stereocenters. The normalized spacial score (nSPS) is 12.1. The fourth-order valence-corrected chi connectivity index (χ4v) is 1.80. The van der Waals surface area contributed by atoms with Crippen molar-refractivity contribution in [2.24, 2.45) is 0 Å². The highest BCUT2D eigenvalue weighted by atomic mass is 16.4. The van der Waals surface area contributed by atoms with Crippen LogP contribution in [-0.4, -0.2) is 16.1 Å². The van der Waals surface area contributed by atoms with E-state index in [4.69, 9.17) is 4.42 Å². The van der Waals surface area contributed by atoms with Crippen molar-refractivity contribution in [1.29, 1.82) is 0 Å². The van der Waals surface area contributed by atoms with Crippen LogP contribution in [0.3, 0.4) is 0 Å². The minimum atomic E-state index is -0.281. The van der Waals surface area contributed by atoms with Crippen molar-refractivity contribution < 1.29 is 9.21 Å². The maximum absolute atomic E-state index is 11.6. The van der Waals surface area contributed by atoms with E-state index >= 15 is 0 Å². The van der Waals surface area contributed by atoms with Crippen LogP contribution in [0.25, 0.3) is 0 Å². The molecular formula is C14H17N3O2. The Hall–Kier alpha value is -2.17. The topological polar surface area (TPSA) is 68.0 Å². The summed E-state index contributed by atoms with van der Waals surface area (Å²) in [5.41, 5.74) is 1.11. The maximum Gasteiger partial charge on any atom is 0.239 e. The number of aryl methyl sites for hydroxylation is 1. The lowest BCUT2D eigenvalue weighted by Gasteiger charge is -2.14. The molecular weight excluding hydrogens is 242 g/mol. The molecule has 1 aromatic carbocycles. The molecule has 1 N–H and O–H groups in total. The zero-order chi connectivity index (χ0) is 13.7. The van der Waals surface area contributed by atoms with Crippen LogP contribution >= 0.6 is 0 Å². The molecule has 1 unspecified atom stereocenters. The van der Waals surface area contributed by atoms with E-state index in [0.29, 0.717) is 24.6 Å². The molecule has 19 heavy (non-hydrogen) atoms. The van der Waals surface area contributed by atoms with E-state index in [2.05, 4.69) is 15.5 Å². The molecule has 0 saturated heterocycles. The Labute approximate surface area is 112 Å². The molecule has 0 radical (unpaired) electrons. The molecule has 2 rings (SSSR count). The lowest BCUT2D eigenvalue weighted by molar-refractivity contribution is -0.121. The number of benzene rings is 1. The summed E-state index contributed by atoms with van der Waals surface area (Å²) in [4.78, 5) is 11.6. The first-order valence-electron chi connectivity index (χ1n) is 6.32. The molecule has 5 nitrogen and oxygen atoms in total. The smallest absolute Gasteiger partial charge is 0.239 e. The molecule has 100 valence electrons. The second-order valence-electron chi connectivity index (χ2n) is 4.32. The van der Waals surface area contributed by atoms with E-state index in [1.807, 2.05) is 37.3 Å². The number of nitrogens with zero attached hydrogens (tertiary/aromatic N) is 2. The standard InChI is InChI=1S/C14H17N3O2/c1-3-13(18)15-12(14-17-16-10(2)19-14)9-11-7-5-4-6-8-11/h4-8,12H,3,9H2,1-2H3,(H,15,18). The predicted octanol–water partition coefficient (Wildman–Crippen LogP) is 2.19. The first-order chi connectivity index (χ1) is 9.19. The summed E-state index contributed by atoms with van der Waals surface area (Å²) in [6, 6.07) is 9.62. The number of carbonyl (C=O) groups is 1. The van der Waals surface area contributed by atoms with E-state index in [1.54, 1.807) is 6.92 Å². The Kier molecular flexibility index (Phi) is 4.28. The van der Waals surface area contributed by atoms with Gasteiger partial charge in [0.15, 0.2) is 0 Å². The second kappa shape index (κ2) is 6.13. The van der Waals surface area contributed by atoms with E-state index < -0.39 is 0 Å². The first kappa shape index (κ1) is 13.3. The van der Waals surface area contributed by atoms with E-state index in [9.17, 15) is 4.79 Å². The molecule has 0 spiro atoms. The first-order valence-corrected chi connectivity index (χ1v) is 6.32. The van der Waals surface area contributed by atoms with Crippen molar-refractivity contribution in [3.8, 4) is 0 Å². The van der Waals surface area contributed by atoms with Gasteiger partial charge in [-0.3, -0.25) is 4.79 Å². The zero-order valence-corrected chi connectivity index (χ0v) is 11.1. The van der Waals surface area contributed by atoms with Gasteiger partial charge in [-0.05, 0) is 5.56 Å². The van der Waals surface area contributed by atoms with Gasteiger partial charge >= 0.3 is 0 Å². The van der Waals surface area contributed by atoms with Crippen LogP contribution in [0.2, 0.25) is 0 Å². The predicted molar refractivity (Wildman–Crippen MR) is 70.4 cm³/mol. The van der Waals surface area contributed by atoms with E-state index in [1.165, 1.54) is 0 Å². The Morgan fingerprint density at radius 3 is 2.63 bits per heavy atom. The van der Waals surface area contributed by atoms with Gasteiger partial charge in [-0.1, -0.05) is 37.3 Å².